The minimum absolute atomic E-state index is 0.0910. The molecule has 0 saturated carbocycles. The second-order valence-electron chi connectivity index (χ2n) is 6.72. The molecule has 9 heteroatoms. The van der Waals surface area contributed by atoms with Gasteiger partial charge in [-0.25, -0.2) is 9.50 Å². The number of H-pyrrole nitrogens is 2. The van der Waals surface area contributed by atoms with Gasteiger partial charge in [-0.3, -0.25) is 19.8 Å². The highest BCUT2D eigenvalue weighted by Crippen LogP contribution is 2.28. The van der Waals surface area contributed by atoms with Crippen LogP contribution in [0.3, 0.4) is 0 Å². The highest BCUT2D eigenvalue weighted by Gasteiger charge is 2.28. The number of aromatic amines is 2. The van der Waals surface area contributed by atoms with Gasteiger partial charge in [0.15, 0.2) is 5.65 Å². The highest BCUT2D eigenvalue weighted by atomic mass is 35.5. The first-order chi connectivity index (χ1) is 12.5. The van der Waals surface area contributed by atoms with Crippen LogP contribution in [0, 0.1) is 13.8 Å². The Morgan fingerprint density at radius 3 is 2.92 bits per heavy atom. The van der Waals surface area contributed by atoms with Crippen molar-refractivity contribution in [3.63, 3.8) is 0 Å². The van der Waals surface area contributed by atoms with Gasteiger partial charge in [-0.05, 0) is 26.7 Å². The maximum atomic E-state index is 12.7. The van der Waals surface area contributed by atoms with E-state index in [1.807, 2.05) is 13.0 Å². The van der Waals surface area contributed by atoms with Crippen LogP contribution >= 0.6 is 11.6 Å². The van der Waals surface area contributed by atoms with Crippen LogP contribution in [0.4, 0.5) is 0 Å². The average molecular weight is 375 g/mol. The van der Waals surface area contributed by atoms with E-state index in [2.05, 4.69) is 20.3 Å². The quantitative estimate of drug-likeness (QED) is 0.716. The largest absolute Gasteiger partial charge is 0.337 e. The van der Waals surface area contributed by atoms with Gasteiger partial charge in [0.2, 0.25) is 0 Å². The molecule has 136 valence electrons. The molecule has 3 aromatic rings. The topological polar surface area (TPSA) is 99.2 Å². The lowest BCUT2D eigenvalue weighted by atomic mass is 9.94. The van der Waals surface area contributed by atoms with E-state index in [1.54, 1.807) is 11.8 Å². The molecule has 0 bridgehead atoms. The van der Waals surface area contributed by atoms with Gasteiger partial charge >= 0.3 is 0 Å². The smallest absolute Gasteiger partial charge is 0.275 e. The molecule has 1 aliphatic rings. The van der Waals surface area contributed by atoms with Crippen LogP contribution in [0.2, 0.25) is 5.02 Å². The van der Waals surface area contributed by atoms with Crippen molar-refractivity contribution in [1.29, 1.82) is 0 Å². The third-order valence-corrected chi connectivity index (χ3v) is 5.35. The van der Waals surface area contributed by atoms with Crippen molar-refractivity contribution in [2.45, 2.75) is 32.6 Å². The molecule has 1 saturated heterocycles. The van der Waals surface area contributed by atoms with Crippen molar-refractivity contribution >= 4 is 23.2 Å². The number of rotatable bonds is 2. The molecule has 8 nitrogen and oxygen atoms in total. The van der Waals surface area contributed by atoms with Crippen molar-refractivity contribution in [3.05, 3.63) is 50.3 Å². The van der Waals surface area contributed by atoms with Crippen LogP contribution in [0.5, 0.6) is 0 Å². The summed E-state index contributed by atoms with van der Waals surface area (Å²) >= 11 is 6.01. The van der Waals surface area contributed by atoms with Crippen molar-refractivity contribution in [2.75, 3.05) is 13.1 Å². The third kappa shape index (κ3) is 2.70. The number of hydrogen-bond acceptors (Lipinski definition) is 4. The number of carbonyl (C=O) groups is 1. The molecule has 0 aliphatic carbocycles. The van der Waals surface area contributed by atoms with E-state index in [0.29, 0.717) is 35.0 Å². The van der Waals surface area contributed by atoms with E-state index in [0.717, 1.165) is 24.2 Å². The van der Waals surface area contributed by atoms with E-state index < -0.39 is 0 Å². The first kappa shape index (κ1) is 16.8. The van der Waals surface area contributed by atoms with Crippen LogP contribution in [0.25, 0.3) is 5.65 Å². The summed E-state index contributed by atoms with van der Waals surface area (Å²) < 4.78 is 1.48. The predicted octanol–water partition coefficient (Wildman–Crippen LogP) is 2.04. The van der Waals surface area contributed by atoms with Gasteiger partial charge in [-0.1, -0.05) is 11.6 Å². The fourth-order valence-electron chi connectivity index (χ4n) is 3.44. The molecule has 1 atom stereocenters. The molecule has 4 rings (SSSR count). The van der Waals surface area contributed by atoms with Crippen molar-refractivity contribution in [3.8, 4) is 0 Å². The maximum Gasteiger partial charge on any atom is 0.275 e. The standard InChI is InChI=1S/C17H19ClN6O2/c1-9-10(2)20-14-6-13(22-24(14)16(9)25)11-4-3-5-23(8-11)17(26)15-12(18)7-19-21-15/h6-7,11,22H,3-5,8H2,1-2H3,(H,19,21)/t11-/m0/s1. The lowest BCUT2D eigenvalue weighted by molar-refractivity contribution is 0.0700. The first-order valence-corrected chi connectivity index (χ1v) is 8.90. The van der Waals surface area contributed by atoms with E-state index in [9.17, 15) is 9.59 Å². The fraction of sp³-hybridized carbons (Fsp3) is 0.412. The summed E-state index contributed by atoms with van der Waals surface area (Å²) in [6, 6.07) is 1.90. The Labute approximate surface area is 154 Å². The minimum Gasteiger partial charge on any atom is -0.337 e. The summed E-state index contributed by atoms with van der Waals surface area (Å²) in [4.78, 5) is 31.3. The lowest BCUT2D eigenvalue weighted by Crippen LogP contribution is -2.39. The Kier molecular flexibility index (Phi) is 4.07. The number of carbonyl (C=O) groups excluding carboxylic acids is 1. The molecule has 1 fully saturated rings. The fourth-order valence-corrected chi connectivity index (χ4v) is 3.61. The Morgan fingerprint density at radius 2 is 2.19 bits per heavy atom. The number of aromatic nitrogens is 5. The predicted molar refractivity (Wildman–Crippen MR) is 96.8 cm³/mol. The van der Waals surface area contributed by atoms with Crippen molar-refractivity contribution in [2.24, 2.45) is 0 Å². The molecular formula is C17H19ClN6O2. The molecule has 3 aromatic heterocycles. The van der Waals surface area contributed by atoms with Gasteiger partial charge in [0.25, 0.3) is 11.5 Å². The second-order valence-corrected chi connectivity index (χ2v) is 7.12. The van der Waals surface area contributed by atoms with Gasteiger partial charge < -0.3 is 4.90 Å². The summed E-state index contributed by atoms with van der Waals surface area (Å²) in [6.07, 6.45) is 3.23. The Bertz CT molecular complexity index is 1050. The van der Waals surface area contributed by atoms with E-state index in [-0.39, 0.29) is 17.4 Å². The Balaban J connectivity index is 1.63. The van der Waals surface area contributed by atoms with Gasteiger partial charge in [-0.15, -0.1) is 0 Å². The number of hydrogen-bond donors (Lipinski definition) is 2. The highest BCUT2D eigenvalue weighted by molar-refractivity contribution is 6.33. The molecule has 2 N–H and O–H groups in total. The molecule has 0 aromatic carbocycles. The van der Waals surface area contributed by atoms with Gasteiger partial charge in [0.1, 0.15) is 5.69 Å². The van der Waals surface area contributed by atoms with Crippen LogP contribution in [-0.4, -0.2) is 48.7 Å². The lowest BCUT2D eigenvalue weighted by Gasteiger charge is -2.32. The number of piperidine rings is 1. The van der Waals surface area contributed by atoms with Gasteiger partial charge in [0.05, 0.1) is 11.2 Å². The van der Waals surface area contributed by atoms with E-state index in [1.165, 1.54) is 10.7 Å². The number of nitrogens with zero attached hydrogens (tertiary/aromatic N) is 4. The summed E-state index contributed by atoms with van der Waals surface area (Å²) in [5.41, 5.74) is 3.10. The van der Waals surface area contributed by atoms with Crippen LogP contribution in [-0.2, 0) is 0 Å². The first-order valence-electron chi connectivity index (χ1n) is 8.52. The molecule has 1 aliphatic heterocycles. The number of aryl methyl sites for hydroxylation is 1. The third-order valence-electron chi connectivity index (χ3n) is 5.06. The Hall–Kier alpha value is -2.61. The minimum atomic E-state index is -0.157. The van der Waals surface area contributed by atoms with E-state index >= 15 is 0 Å². The number of nitrogens with one attached hydrogen (secondary N) is 2. The number of halogens is 1. The van der Waals surface area contributed by atoms with Crippen LogP contribution in [0.1, 0.15) is 46.2 Å². The van der Waals surface area contributed by atoms with Gasteiger partial charge in [-0.2, -0.15) is 5.10 Å². The zero-order valence-corrected chi connectivity index (χ0v) is 15.3. The molecule has 0 radical (unpaired) electrons. The van der Waals surface area contributed by atoms with E-state index in [4.69, 9.17) is 11.6 Å². The maximum absolute atomic E-state index is 12.7. The number of amides is 1. The summed E-state index contributed by atoms with van der Waals surface area (Å²) in [5.74, 6) is -0.0496. The molecule has 0 unspecified atom stereocenters. The zero-order valence-electron chi connectivity index (χ0n) is 14.5. The zero-order chi connectivity index (χ0) is 18.4. The Morgan fingerprint density at radius 1 is 1.38 bits per heavy atom. The summed E-state index contributed by atoms with van der Waals surface area (Å²) in [6.45, 7) is 4.82. The molecule has 0 spiro atoms. The summed E-state index contributed by atoms with van der Waals surface area (Å²) in [5, 5.41) is 9.96. The number of likely N-dealkylation sites (tertiary alicyclic amines) is 1. The molecule has 26 heavy (non-hydrogen) atoms. The van der Waals surface area contributed by atoms with Gasteiger partial charge in [0, 0.05) is 42.0 Å². The monoisotopic (exact) mass is 374 g/mol. The molecular weight excluding hydrogens is 356 g/mol. The SMILES string of the molecule is Cc1nc2cc([C@H]3CCCN(C(=O)c4[nH]ncc4Cl)C3)[nH]n2c(=O)c1C. The van der Waals surface area contributed by atoms with Crippen molar-refractivity contribution < 1.29 is 4.79 Å². The second kappa shape index (κ2) is 6.28. The van der Waals surface area contributed by atoms with Crippen molar-refractivity contribution in [1.82, 2.24) is 29.7 Å². The van der Waals surface area contributed by atoms with Crippen LogP contribution < -0.4 is 5.56 Å². The molecule has 1 amide bonds. The van der Waals surface area contributed by atoms with Crippen LogP contribution in [0.15, 0.2) is 17.1 Å². The molecule has 4 heterocycles. The number of fused-ring (bicyclic) bond motifs is 1. The summed E-state index contributed by atoms with van der Waals surface area (Å²) in [7, 11) is 0. The average Bonchev–Trinajstić information content (AvgIpc) is 3.25. The normalized spacial score (nSPS) is 17.8.